The molecular weight excluding hydrogens is 312 g/mol. The van der Waals surface area contributed by atoms with Gasteiger partial charge < -0.3 is 10.2 Å². The Hall–Kier alpha value is -2.14. The van der Waals surface area contributed by atoms with Crippen LogP contribution in [0, 0.1) is 5.92 Å². The Balaban J connectivity index is 1.52. The van der Waals surface area contributed by atoms with Crippen LogP contribution >= 0.6 is 0 Å². The number of nitrogens with zero attached hydrogens (tertiary/aromatic N) is 3. The maximum atomic E-state index is 12.5. The Labute approximate surface area is 150 Å². The second-order valence-corrected chi connectivity index (χ2v) is 7.23. The summed E-state index contributed by atoms with van der Waals surface area (Å²) in [5.41, 5.74) is 1.09. The van der Waals surface area contributed by atoms with Gasteiger partial charge in [0, 0.05) is 37.6 Å². The van der Waals surface area contributed by atoms with Crippen molar-refractivity contribution in [2.24, 2.45) is 5.92 Å². The number of benzene rings is 1. The van der Waals surface area contributed by atoms with E-state index in [4.69, 9.17) is 0 Å². The highest BCUT2D eigenvalue weighted by Gasteiger charge is 2.28. The van der Waals surface area contributed by atoms with E-state index in [1.165, 1.54) is 0 Å². The second kappa shape index (κ2) is 8.30. The van der Waals surface area contributed by atoms with Gasteiger partial charge in [0.1, 0.15) is 0 Å². The van der Waals surface area contributed by atoms with Gasteiger partial charge in [-0.3, -0.25) is 9.48 Å². The van der Waals surface area contributed by atoms with E-state index in [0.717, 1.165) is 31.6 Å². The monoisotopic (exact) mass is 340 g/mol. The molecule has 1 aromatic heterocycles. The lowest BCUT2D eigenvalue weighted by Gasteiger charge is -2.26. The van der Waals surface area contributed by atoms with Crippen LogP contribution in [0.5, 0.6) is 0 Å². The molecule has 1 aliphatic heterocycles. The van der Waals surface area contributed by atoms with E-state index in [0.29, 0.717) is 24.4 Å². The second-order valence-electron chi connectivity index (χ2n) is 7.23. The smallest absolute Gasteiger partial charge is 0.227 e. The highest BCUT2D eigenvalue weighted by Crippen LogP contribution is 2.15. The third-order valence-corrected chi connectivity index (χ3v) is 4.94. The van der Waals surface area contributed by atoms with E-state index >= 15 is 0 Å². The number of amides is 1. The lowest BCUT2D eigenvalue weighted by molar-refractivity contribution is -0.129. The fraction of sp³-hybridized carbons (Fsp3) is 0.500. The third kappa shape index (κ3) is 4.92. The van der Waals surface area contributed by atoms with Crippen molar-refractivity contribution >= 4 is 5.91 Å². The van der Waals surface area contributed by atoms with Crippen LogP contribution in [0.15, 0.2) is 48.8 Å². The van der Waals surface area contributed by atoms with Crippen LogP contribution in [-0.4, -0.2) is 45.8 Å². The molecule has 1 saturated heterocycles. The molecule has 0 spiro atoms. The number of rotatable bonds is 7. The summed E-state index contributed by atoms with van der Waals surface area (Å²) >= 11 is 0. The molecule has 2 atom stereocenters. The van der Waals surface area contributed by atoms with E-state index in [2.05, 4.69) is 24.3 Å². The average molecular weight is 340 g/mol. The molecule has 3 rings (SSSR count). The maximum Gasteiger partial charge on any atom is 0.227 e. The zero-order valence-corrected chi connectivity index (χ0v) is 15.1. The number of aromatic nitrogens is 2. The Morgan fingerprint density at radius 3 is 2.76 bits per heavy atom. The number of carbonyl (C=O) groups excluding carboxylic acids is 1. The fourth-order valence-electron chi connectivity index (χ4n) is 3.37. The summed E-state index contributed by atoms with van der Waals surface area (Å²) in [4.78, 5) is 14.5. The van der Waals surface area contributed by atoms with E-state index in [9.17, 15) is 4.79 Å². The number of hydrogen-bond acceptors (Lipinski definition) is 3. The summed E-state index contributed by atoms with van der Waals surface area (Å²) in [6, 6.07) is 12.7. The Bertz CT molecular complexity index is 654. The molecule has 0 saturated carbocycles. The minimum Gasteiger partial charge on any atom is -0.341 e. The first kappa shape index (κ1) is 17.7. The van der Waals surface area contributed by atoms with Crippen LogP contribution in [-0.2, 0) is 17.8 Å². The first-order valence-corrected chi connectivity index (χ1v) is 9.17. The summed E-state index contributed by atoms with van der Waals surface area (Å²) in [7, 11) is 0. The predicted molar refractivity (Wildman–Crippen MR) is 99.1 cm³/mol. The van der Waals surface area contributed by atoms with Crippen LogP contribution in [0.3, 0.4) is 0 Å². The first-order chi connectivity index (χ1) is 12.1. The molecule has 2 unspecified atom stereocenters. The van der Waals surface area contributed by atoms with Crippen LogP contribution in [0.1, 0.15) is 25.8 Å². The van der Waals surface area contributed by atoms with Crippen molar-refractivity contribution < 1.29 is 4.79 Å². The highest BCUT2D eigenvalue weighted by atomic mass is 16.2. The van der Waals surface area contributed by atoms with Gasteiger partial charge >= 0.3 is 0 Å². The first-order valence-electron chi connectivity index (χ1n) is 9.17. The van der Waals surface area contributed by atoms with Crippen molar-refractivity contribution in [2.45, 2.75) is 45.3 Å². The molecule has 5 heteroatoms. The normalized spacial score (nSPS) is 18.7. The minimum absolute atomic E-state index is 0.226. The number of carbonyl (C=O) groups is 1. The van der Waals surface area contributed by atoms with Gasteiger partial charge in [0.15, 0.2) is 0 Å². The lowest BCUT2D eigenvalue weighted by atomic mass is 10.0. The van der Waals surface area contributed by atoms with Gasteiger partial charge in [-0.2, -0.15) is 5.10 Å². The van der Waals surface area contributed by atoms with Crippen LogP contribution in [0.2, 0.25) is 0 Å². The van der Waals surface area contributed by atoms with Crippen molar-refractivity contribution in [3.63, 3.8) is 0 Å². The van der Waals surface area contributed by atoms with Gasteiger partial charge in [-0.25, -0.2) is 0 Å². The van der Waals surface area contributed by atoms with Crippen molar-refractivity contribution in [1.29, 1.82) is 0 Å². The summed E-state index contributed by atoms with van der Waals surface area (Å²) < 4.78 is 1.98. The molecular formula is C20H28N4O. The Morgan fingerprint density at radius 1 is 1.28 bits per heavy atom. The molecule has 1 aromatic carbocycles. The van der Waals surface area contributed by atoms with Crippen LogP contribution in [0.4, 0.5) is 0 Å². The maximum absolute atomic E-state index is 12.5. The molecule has 1 N–H and O–H groups in total. The average Bonchev–Trinajstić information content (AvgIpc) is 3.27. The van der Waals surface area contributed by atoms with Gasteiger partial charge in [0.25, 0.3) is 0 Å². The van der Waals surface area contributed by atoms with Gasteiger partial charge in [0.05, 0.1) is 13.0 Å². The molecule has 2 heterocycles. The third-order valence-electron chi connectivity index (χ3n) is 4.94. The number of nitrogens with one attached hydrogen (secondary N) is 1. The topological polar surface area (TPSA) is 50.2 Å². The molecule has 5 nitrogen and oxygen atoms in total. The molecule has 0 radical (unpaired) electrons. The summed E-state index contributed by atoms with van der Waals surface area (Å²) in [6.45, 7) is 6.96. The molecule has 2 aromatic rings. The lowest BCUT2D eigenvalue weighted by Crippen LogP contribution is -2.45. The number of likely N-dealkylation sites (tertiary alicyclic amines) is 1. The molecule has 1 fully saturated rings. The molecule has 0 bridgehead atoms. The highest BCUT2D eigenvalue weighted by molar-refractivity contribution is 5.79. The van der Waals surface area contributed by atoms with Gasteiger partial charge in [-0.05, 0) is 24.0 Å². The van der Waals surface area contributed by atoms with Crippen molar-refractivity contribution in [3.8, 4) is 0 Å². The van der Waals surface area contributed by atoms with Crippen LogP contribution < -0.4 is 5.32 Å². The summed E-state index contributed by atoms with van der Waals surface area (Å²) in [5, 5.41) is 8.06. The van der Waals surface area contributed by atoms with Gasteiger partial charge in [-0.1, -0.05) is 44.2 Å². The van der Waals surface area contributed by atoms with Crippen molar-refractivity contribution in [1.82, 2.24) is 20.0 Å². The van der Waals surface area contributed by atoms with E-state index < -0.39 is 0 Å². The van der Waals surface area contributed by atoms with Gasteiger partial charge in [0.2, 0.25) is 5.91 Å². The minimum atomic E-state index is 0.226. The Morgan fingerprint density at radius 2 is 2.08 bits per heavy atom. The zero-order valence-electron chi connectivity index (χ0n) is 15.1. The molecule has 1 amide bonds. The Kier molecular flexibility index (Phi) is 5.87. The van der Waals surface area contributed by atoms with E-state index in [1.807, 2.05) is 58.4 Å². The van der Waals surface area contributed by atoms with Crippen molar-refractivity contribution in [3.05, 3.63) is 54.4 Å². The summed E-state index contributed by atoms with van der Waals surface area (Å²) in [6.07, 6.45) is 5.33. The molecule has 1 aliphatic rings. The van der Waals surface area contributed by atoms with Crippen molar-refractivity contribution in [2.75, 3.05) is 13.1 Å². The van der Waals surface area contributed by atoms with E-state index in [-0.39, 0.29) is 5.91 Å². The summed E-state index contributed by atoms with van der Waals surface area (Å²) in [5.74, 6) is 0.738. The SMILES string of the molecule is CC(C)C(Cn1cccn1)NC1CCN(C(=O)Cc2ccccc2)C1. The standard InChI is InChI=1S/C20H28N4O/c1-16(2)19(15-24-11-6-10-21-24)22-18-9-12-23(14-18)20(25)13-17-7-4-3-5-8-17/h3-8,10-11,16,18-19,22H,9,12-15H2,1-2H3. The number of hydrogen-bond donors (Lipinski definition) is 1. The molecule has 134 valence electrons. The van der Waals surface area contributed by atoms with Crippen LogP contribution in [0.25, 0.3) is 0 Å². The molecule has 0 aliphatic carbocycles. The predicted octanol–water partition coefficient (Wildman–Crippen LogP) is 2.34. The fourth-order valence-corrected chi connectivity index (χ4v) is 3.37. The van der Waals surface area contributed by atoms with E-state index in [1.54, 1.807) is 0 Å². The van der Waals surface area contributed by atoms with Gasteiger partial charge in [-0.15, -0.1) is 0 Å². The quantitative estimate of drug-likeness (QED) is 0.842. The molecule has 25 heavy (non-hydrogen) atoms. The largest absolute Gasteiger partial charge is 0.341 e. The zero-order chi connectivity index (χ0) is 17.6.